The lowest BCUT2D eigenvalue weighted by Gasteiger charge is -2.27. The summed E-state index contributed by atoms with van der Waals surface area (Å²) in [5, 5.41) is 7.39. The highest BCUT2D eigenvalue weighted by atomic mass is 16.3. The van der Waals surface area contributed by atoms with Gasteiger partial charge in [0.05, 0.1) is 22.2 Å². The number of aromatic nitrogens is 1. The van der Waals surface area contributed by atoms with Crippen molar-refractivity contribution in [1.29, 1.82) is 0 Å². The molecule has 0 atom stereocenters. The molecule has 0 amide bonds. The maximum atomic E-state index is 6.26. The molecule has 0 aliphatic heterocycles. The molecule has 0 saturated carbocycles. The zero-order valence-electron chi connectivity index (χ0n) is 28.2. The summed E-state index contributed by atoms with van der Waals surface area (Å²) in [6.07, 6.45) is 0.972. The first-order valence-corrected chi connectivity index (χ1v) is 18.0. The van der Waals surface area contributed by atoms with Crippen molar-refractivity contribution in [3.8, 4) is 22.3 Å². The molecule has 0 spiro atoms. The van der Waals surface area contributed by atoms with E-state index in [0.717, 1.165) is 45.3 Å². The molecule has 0 fully saturated rings. The van der Waals surface area contributed by atoms with Gasteiger partial charge in [-0.3, -0.25) is 0 Å². The molecule has 52 heavy (non-hydrogen) atoms. The van der Waals surface area contributed by atoms with Crippen molar-refractivity contribution in [3.63, 3.8) is 0 Å². The number of benzene rings is 8. The standard InChI is InChI=1S/C49H30N2O/c1-2-11-35-31(10-1)28-32-22-25-34(29-41(32)35)50(33-23-20-30(21-24-33)36-15-9-19-46-47(36)40-14-5-8-18-45(40)52-46)44-27-26-38-37-12-3-6-16-42(37)51-43-17-7-4-13-39(43)48(44)49(38)51/h1-27,29H,28H2. The molecule has 0 N–H and O–H groups in total. The minimum Gasteiger partial charge on any atom is -0.456 e. The molecule has 242 valence electrons. The fourth-order valence-electron chi connectivity index (χ4n) is 9.11. The number of fused-ring (bicyclic) bond motifs is 12. The van der Waals surface area contributed by atoms with E-state index in [0.29, 0.717) is 0 Å². The van der Waals surface area contributed by atoms with E-state index < -0.39 is 0 Å². The Bertz CT molecular complexity index is 3220. The molecule has 1 aliphatic rings. The van der Waals surface area contributed by atoms with Crippen LogP contribution in [0.5, 0.6) is 0 Å². The quantitative estimate of drug-likeness (QED) is 0.187. The second-order valence-electron chi connectivity index (χ2n) is 14.1. The molecule has 3 heteroatoms. The van der Waals surface area contributed by atoms with Crippen molar-refractivity contribution >= 4 is 77.1 Å². The predicted molar refractivity (Wildman–Crippen MR) is 217 cm³/mol. The Balaban J connectivity index is 1.11. The lowest BCUT2D eigenvalue weighted by Crippen LogP contribution is -2.10. The minimum absolute atomic E-state index is 0.910. The van der Waals surface area contributed by atoms with Gasteiger partial charge < -0.3 is 13.7 Å². The number of anilines is 3. The van der Waals surface area contributed by atoms with E-state index in [-0.39, 0.29) is 0 Å². The molecule has 0 radical (unpaired) electrons. The van der Waals surface area contributed by atoms with E-state index in [9.17, 15) is 0 Å². The summed E-state index contributed by atoms with van der Waals surface area (Å²) in [5.41, 5.74) is 16.8. The van der Waals surface area contributed by atoms with Crippen LogP contribution in [0.25, 0.3) is 82.3 Å². The van der Waals surface area contributed by atoms with Gasteiger partial charge in [-0.15, -0.1) is 0 Å². The minimum atomic E-state index is 0.910. The zero-order chi connectivity index (χ0) is 33.9. The number of para-hydroxylation sites is 3. The number of hydrogen-bond acceptors (Lipinski definition) is 2. The summed E-state index contributed by atoms with van der Waals surface area (Å²) in [4.78, 5) is 2.47. The molecular formula is C49H30N2O. The van der Waals surface area contributed by atoms with Crippen LogP contribution in [0.4, 0.5) is 17.1 Å². The van der Waals surface area contributed by atoms with Gasteiger partial charge in [0.15, 0.2) is 0 Å². The van der Waals surface area contributed by atoms with Crippen LogP contribution in [0.15, 0.2) is 174 Å². The van der Waals surface area contributed by atoms with Crippen LogP contribution < -0.4 is 4.90 Å². The van der Waals surface area contributed by atoms with Gasteiger partial charge in [-0.05, 0) is 94.4 Å². The SMILES string of the molecule is c1ccc2c(c1)Cc1ccc(N(c3ccc(-c4cccc5oc6ccccc6c45)cc3)c3ccc4c5ccccc5n5c6ccccc6c3c45)cc1-2. The van der Waals surface area contributed by atoms with E-state index in [1.165, 1.54) is 71.6 Å². The van der Waals surface area contributed by atoms with Gasteiger partial charge in [0.1, 0.15) is 11.2 Å². The molecule has 3 aromatic heterocycles. The van der Waals surface area contributed by atoms with Crippen molar-refractivity contribution in [2.75, 3.05) is 4.90 Å². The zero-order valence-corrected chi connectivity index (χ0v) is 28.2. The third kappa shape index (κ3) is 3.74. The summed E-state index contributed by atoms with van der Waals surface area (Å²) >= 11 is 0. The molecule has 11 aromatic rings. The summed E-state index contributed by atoms with van der Waals surface area (Å²) < 4.78 is 8.73. The van der Waals surface area contributed by atoms with Crippen molar-refractivity contribution in [2.45, 2.75) is 6.42 Å². The van der Waals surface area contributed by atoms with E-state index in [1.54, 1.807) is 0 Å². The summed E-state index contributed by atoms with van der Waals surface area (Å²) in [5.74, 6) is 0. The van der Waals surface area contributed by atoms with Crippen molar-refractivity contribution in [3.05, 3.63) is 181 Å². The largest absolute Gasteiger partial charge is 0.456 e. The third-order valence-electron chi connectivity index (χ3n) is 11.3. The van der Waals surface area contributed by atoms with Gasteiger partial charge in [0.2, 0.25) is 0 Å². The van der Waals surface area contributed by atoms with E-state index in [1.807, 2.05) is 12.1 Å². The number of hydrogen-bond donors (Lipinski definition) is 0. The fraction of sp³-hybridized carbons (Fsp3) is 0.0204. The average Bonchev–Trinajstić information content (AvgIpc) is 3.95. The first-order valence-electron chi connectivity index (χ1n) is 18.0. The van der Waals surface area contributed by atoms with Gasteiger partial charge in [-0.25, -0.2) is 0 Å². The summed E-state index contributed by atoms with van der Waals surface area (Å²) in [6, 6.07) is 62.0. The maximum Gasteiger partial charge on any atom is 0.136 e. The highest BCUT2D eigenvalue weighted by Gasteiger charge is 2.26. The highest BCUT2D eigenvalue weighted by molar-refractivity contribution is 6.27. The number of furan rings is 1. The Morgan fingerprint density at radius 3 is 2.00 bits per heavy atom. The van der Waals surface area contributed by atoms with Gasteiger partial charge in [-0.1, -0.05) is 115 Å². The second kappa shape index (κ2) is 10.3. The monoisotopic (exact) mass is 662 g/mol. The van der Waals surface area contributed by atoms with Crippen LogP contribution >= 0.6 is 0 Å². The first-order chi connectivity index (χ1) is 25.8. The maximum absolute atomic E-state index is 6.26. The van der Waals surface area contributed by atoms with Crippen LogP contribution in [0.3, 0.4) is 0 Å². The summed E-state index contributed by atoms with van der Waals surface area (Å²) in [7, 11) is 0. The molecule has 1 aliphatic carbocycles. The van der Waals surface area contributed by atoms with Gasteiger partial charge >= 0.3 is 0 Å². The van der Waals surface area contributed by atoms with E-state index in [2.05, 4.69) is 167 Å². The lowest BCUT2D eigenvalue weighted by atomic mass is 9.98. The normalized spacial score (nSPS) is 12.5. The third-order valence-corrected chi connectivity index (χ3v) is 11.3. The summed E-state index contributed by atoms with van der Waals surface area (Å²) in [6.45, 7) is 0. The van der Waals surface area contributed by atoms with Crippen LogP contribution in [0.2, 0.25) is 0 Å². The van der Waals surface area contributed by atoms with Crippen LogP contribution in [0, 0.1) is 0 Å². The van der Waals surface area contributed by atoms with Gasteiger partial charge in [-0.2, -0.15) is 0 Å². The average molecular weight is 663 g/mol. The topological polar surface area (TPSA) is 20.8 Å². The fourth-order valence-corrected chi connectivity index (χ4v) is 9.11. The van der Waals surface area contributed by atoms with Crippen LogP contribution in [-0.2, 0) is 6.42 Å². The Morgan fingerprint density at radius 1 is 0.442 bits per heavy atom. The Hall–Kier alpha value is -6.84. The van der Waals surface area contributed by atoms with Crippen LogP contribution in [0.1, 0.15) is 11.1 Å². The molecule has 0 saturated heterocycles. The predicted octanol–water partition coefficient (Wildman–Crippen LogP) is 13.4. The van der Waals surface area contributed by atoms with Crippen molar-refractivity contribution < 1.29 is 4.42 Å². The van der Waals surface area contributed by atoms with Crippen LogP contribution in [-0.4, -0.2) is 4.40 Å². The molecule has 3 nitrogen and oxygen atoms in total. The Labute approximate surface area is 299 Å². The van der Waals surface area contributed by atoms with Crippen molar-refractivity contribution in [2.24, 2.45) is 0 Å². The lowest BCUT2D eigenvalue weighted by molar-refractivity contribution is 0.669. The first kappa shape index (κ1) is 27.9. The van der Waals surface area contributed by atoms with Gasteiger partial charge in [0.25, 0.3) is 0 Å². The van der Waals surface area contributed by atoms with E-state index >= 15 is 0 Å². The molecule has 0 bridgehead atoms. The van der Waals surface area contributed by atoms with Crippen molar-refractivity contribution in [1.82, 2.24) is 4.40 Å². The molecule has 8 aromatic carbocycles. The highest BCUT2D eigenvalue weighted by Crippen LogP contribution is 2.49. The van der Waals surface area contributed by atoms with E-state index in [4.69, 9.17) is 4.42 Å². The Morgan fingerprint density at radius 2 is 1.12 bits per heavy atom. The molecule has 12 rings (SSSR count). The molecule has 0 unspecified atom stereocenters. The smallest absolute Gasteiger partial charge is 0.136 e. The van der Waals surface area contributed by atoms with Gasteiger partial charge in [0, 0.05) is 43.7 Å². The second-order valence-corrected chi connectivity index (χ2v) is 14.1. The number of nitrogens with zero attached hydrogens (tertiary/aromatic N) is 2. The molecular weight excluding hydrogens is 633 g/mol. The Kier molecular flexibility index (Phi) is 5.56. The number of rotatable bonds is 4. The molecule has 3 heterocycles.